The van der Waals surface area contributed by atoms with Gasteiger partial charge in [0.05, 0.1) is 18.0 Å². The van der Waals surface area contributed by atoms with Crippen LogP contribution in [0.5, 0.6) is 0 Å². The van der Waals surface area contributed by atoms with Gasteiger partial charge in [-0.05, 0) is 85.9 Å². The molecule has 2 aromatic heterocycles. The predicted molar refractivity (Wildman–Crippen MR) is 132 cm³/mol. The summed E-state index contributed by atoms with van der Waals surface area (Å²) in [5.41, 5.74) is 4.79. The molecule has 0 aliphatic heterocycles. The average molecular weight is 473 g/mol. The second-order valence-corrected chi connectivity index (χ2v) is 9.31. The van der Waals surface area contributed by atoms with Gasteiger partial charge in [-0.3, -0.25) is 4.98 Å². The van der Waals surface area contributed by atoms with Crippen molar-refractivity contribution >= 4 is 12.2 Å². The Balaban J connectivity index is 1.34. The number of nitrogens with zero attached hydrogens (tertiary/aromatic N) is 3. The first-order chi connectivity index (χ1) is 17.1. The lowest BCUT2D eigenvalue weighted by Gasteiger charge is -2.43. The molecule has 0 spiro atoms. The van der Waals surface area contributed by atoms with Crippen molar-refractivity contribution in [1.29, 1.82) is 0 Å². The average Bonchev–Trinajstić information content (AvgIpc) is 2.87. The smallest absolute Gasteiger partial charge is 0.407 e. The summed E-state index contributed by atoms with van der Waals surface area (Å²) in [5.74, 6) is 0.767. The van der Waals surface area contributed by atoms with Gasteiger partial charge in [0, 0.05) is 29.9 Å². The number of hydrogen-bond acceptors (Lipinski definition) is 5. The van der Waals surface area contributed by atoms with Crippen molar-refractivity contribution in [2.45, 2.75) is 44.6 Å². The first-order valence-electron chi connectivity index (χ1n) is 12.2. The molecule has 6 nitrogen and oxygen atoms in total. The Morgan fingerprint density at radius 2 is 2.11 bits per heavy atom. The van der Waals surface area contributed by atoms with Crippen molar-refractivity contribution in [2.75, 3.05) is 6.61 Å². The highest BCUT2D eigenvalue weighted by Crippen LogP contribution is 2.46. The molecule has 1 N–H and O–H groups in total. The third-order valence-electron chi connectivity index (χ3n) is 7.15. The van der Waals surface area contributed by atoms with Crippen LogP contribution in [-0.2, 0) is 11.2 Å². The van der Waals surface area contributed by atoms with Crippen LogP contribution >= 0.6 is 0 Å². The summed E-state index contributed by atoms with van der Waals surface area (Å²) in [6, 6.07) is 12.6. The zero-order valence-corrected chi connectivity index (χ0v) is 19.7. The minimum atomic E-state index is -0.331. The summed E-state index contributed by atoms with van der Waals surface area (Å²) in [4.78, 5) is 16.5. The van der Waals surface area contributed by atoms with Crippen LogP contribution in [0.2, 0.25) is 0 Å². The minimum Gasteiger partial charge on any atom is -0.450 e. The number of halogens is 1. The monoisotopic (exact) mass is 472 g/mol. The first kappa shape index (κ1) is 23.1. The number of rotatable bonds is 5. The number of alkyl carbamates (subject to hydrolysis) is 1. The summed E-state index contributed by atoms with van der Waals surface area (Å²) in [6.07, 6.45) is 11.2. The topological polar surface area (TPSA) is 77.0 Å². The number of pyridine rings is 1. The van der Waals surface area contributed by atoms with Crippen LogP contribution in [0.4, 0.5) is 9.18 Å². The number of amides is 1. The van der Waals surface area contributed by atoms with Gasteiger partial charge in [0.25, 0.3) is 0 Å². The number of carbonyl (C=O) groups is 1. The van der Waals surface area contributed by atoms with Gasteiger partial charge in [0.2, 0.25) is 0 Å². The van der Waals surface area contributed by atoms with E-state index in [2.05, 4.69) is 32.6 Å². The first-order valence-corrected chi connectivity index (χ1v) is 12.2. The summed E-state index contributed by atoms with van der Waals surface area (Å²) in [5, 5.41) is 11.7. The number of nitrogens with one attached hydrogen (secondary N) is 1. The van der Waals surface area contributed by atoms with E-state index in [0.29, 0.717) is 18.4 Å². The zero-order valence-electron chi connectivity index (χ0n) is 19.7. The molecule has 7 heteroatoms. The lowest BCUT2D eigenvalue weighted by atomic mass is 9.64. The molecule has 2 heterocycles. The van der Waals surface area contributed by atoms with Gasteiger partial charge >= 0.3 is 6.09 Å². The van der Waals surface area contributed by atoms with Crippen LogP contribution in [0.15, 0.2) is 60.9 Å². The van der Waals surface area contributed by atoms with E-state index in [1.807, 2.05) is 31.2 Å². The van der Waals surface area contributed by atoms with Gasteiger partial charge in [-0.15, -0.1) is 0 Å². The van der Waals surface area contributed by atoms with Crippen LogP contribution in [0.3, 0.4) is 0 Å². The number of aromatic nitrogens is 3. The maximum absolute atomic E-state index is 13.6. The molecule has 180 valence electrons. The number of allylic oxidation sites excluding steroid dienone is 1. The third kappa shape index (κ3) is 5.24. The van der Waals surface area contributed by atoms with Gasteiger partial charge in [-0.2, -0.15) is 10.2 Å². The summed E-state index contributed by atoms with van der Waals surface area (Å²) < 4.78 is 18.7. The molecule has 1 amide bonds. The molecule has 0 saturated heterocycles. The summed E-state index contributed by atoms with van der Waals surface area (Å²) in [7, 11) is 0. The number of hydrogen-bond donors (Lipinski definition) is 1. The molecule has 4 atom stereocenters. The van der Waals surface area contributed by atoms with Crippen molar-refractivity contribution in [3.05, 3.63) is 83.7 Å². The van der Waals surface area contributed by atoms with Gasteiger partial charge in [-0.1, -0.05) is 24.3 Å². The molecule has 2 aliphatic carbocycles. The number of fused-ring (bicyclic) bond motifs is 2. The van der Waals surface area contributed by atoms with E-state index in [4.69, 9.17) is 4.74 Å². The Labute approximate surface area is 204 Å². The van der Waals surface area contributed by atoms with Crippen LogP contribution < -0.4 is 5.32 Å². The van der Waals surface area contributed by atoms with Gasteiger partial charge in [0.1, 0.15) is 5.82 Å². The molecule has 0 unspecified atom stereocenters. The van der Waals surface area contributed by atoms with Crippen LogP contribution in [0, 0.1) is 17.7 Å². The SMILES string of the molecule is CCOC(=O)N[C@@H]1CC[C@@H]2[C@H](Cc3ccnnc3[C@H]2/C=C/c2ccc(-c3cccc(F)c3)cn2)C1. The van der Waals surface area contributed by atoms with Gasteiger partial charge in [0.15, 0.2) is 0 Å². The number of ether oxygens (including phenoxy) is 1. The molecule has 3 aromatic rings. The minimum absolute atomic E-state index is 0.133. The van der Waals surface area contributed by atoms with Crippen molar-refractivity contribution < 1.29 is 13.9 Å². The standard InChI is InChI=1S/C28H29FN4O2/c1-2-35-28(34)32-24-9-10-25-21(16-24)14-19-12-13-31-33-27(19)26(25)11-8-23-7-6-20(17-30-23)18-4-3-5-22(29)15-18/h3-8,11-13,15,17,21,24-26H,2,9-10,14,16H2,1H3,(H,32,34)/b11-8+/t21-,24-,25-,26+/m1/s1. The molecule has 1 aromatic carbocycles. The van der Waals surface area contributed by atoms with Gasteiger partial charge in [-0.25, -0.2) is 9.18 Å². The Morgan fingerprint density at radius 1 is 1.20 bits per heavy atom. The number of carbonyl (C=O) groups excluding carboxylic acids is 1. The molecule has 0 radical (unpaired) electrons. The highest BCUT2D eigenvalue weighted by Gasteiger charge is 2.40. The fraction of sp³-hybridized carbons (Fsp3) is 0.357. The summed E-state index contributed by atoms with van der Waals surface area (Å²) >= 11 is 0. The Kier molecular flexibility index (Phi) is 6.84. The summed E-state index contributed by atoms with van der Waals surface area (Å²) in [6.45, 7) is 2.19. The predicted octanol–water partition coefficient (Wildman–Crippen LogP) is 5.56. The van der Waals surface area contributed by atoms with E-state index in [-0.39, 0.29) is 23.9 Å². The second kappa shape index (κ2) is 10.3. The highest BCUT2D eigenvalue weighted by molar-refractivity contribution is 5.67. The fourth-order valence-electron chi connectivity index (χ4n) is 5.55. The lowest BCUT2D eigenvalue weighted by molar-refractivity contribution is 0.128. The zero-order chi connectivity index (χ0) is 24.2. The molecular weight excluding hydrogens is 443 g/mol. The van der Waals surface area contributed by atoms with E-state index in [0.717, 1.165) is 48.2 Å². The maximum Gasteiger partial charge on any atom is 0.407 e. The van der Waals surface area contributed by atoms with Crippen molar-refractivity contribution in [1.82, 2.24) is 20.5 Å². The van der Waals surface area contributed by atoms with Crippen molar-refractivity contribution in [3.63, 3.8) is 0 Å². The Bertz CT molecular complexity index is 1210. The lowest BCUT2D eigenvalue weighted by Crippen LogP contribution is -2.44. The third-order valence-corrected chi connectivity index (χ3v) is 7.15. The van der Waals surface area contributed by atoms with Crippen molar-refractivity contribution in [2.24, 2.45) is 11.8 Å². The molecule has 35 heavy (non-hydrogen) atoms. The largest absolute Gasteiger partial charge is 0.450 e. The molecule has 1 saturated carbocycles. The normalized spacial score (nSPS) is 23.4. The molecule has 1 fully saturated rings. The van der Waals surface area contributed by atoms with Crippen molar-refractivity contribution in [3.8, 4) is 11.1 Å². The fourth-order valence-corrected chi connectivity index (χ4v) is 5.55. The van der Waals surface area contributed by atoms with E-state index >= 15 is 0 Å². The van der Waals surface area contributed by atoms with E-state index in [1.165, 1.54) is 17.7 Å². The van der Waals surface area contributed by atoms with E-state index in [9.17, 15) is 9.18 Å². The second-order valence-electron chi connectivity index (χ2n) is 9.31. The van der Waals surface area contributed by atoms with Crippen LogP contribution in [-0.4, -0.2) is 33.9 Å². The van der Waals surface area contributed by atoms with E-state index in [1.54, 1.807) is 18.5 Å². The molecular formula is C28H29FN4O2. The van der Waals surface area contributed by atoms with Crippen LogP contribution in [0.1, 0.15) is 49.1 Å². The Morgan fingerprint density at radius 3 is 2.91 bits per heavy atom. The maximum atomic E-state index is 13.6. The van der Waals surface area contributed by atoms with Crippen LogP contribution in [0.25, 0.3) is 17.2 Å². The van der Waals surface area contributed by atoms with E-state index < -0.39 is 0 Å². The highest BCUT2D eigenvalue weighted by atomic mass is 19.1. The molecule has 0 bridgehead atoms. The Hall–Kier alpha value is -3.61. The number of benzene rings is 1. The molecule has 5 rings (SSSR count). The quantitative estimate of drug-likeness (QED) is 0.526. The van der Waals surface area contributed by atoms with Gasteiger partial charge < -0.3 is 10.1 Å². The molecule has 2 aliphatic rings.